The van der Waals surface area contributed by atoms with Gasteiger partial charge in [-0.2, -0.15) is 0 Å². The molecule has 29 heavy (non-hydrogen) atoms. The molecule has 1 aliphatic rings. The number of nitrogens with zero attached hydrogens (tertiary/aromatic N) is 2. The van der Waals surface area contributed by atoms with Gasteiger partial charge >= 0.3 is 0 Å². The summed E-state index contributed by atoms with van der Waals surface area (Å²) >= 11 is 0. The van der Waals surface area contributed by atoms with Crippen LogP contribution in [0.4, 0.5) is 10.1 Å². The molecule has 0 atom stereocenters. The number of nitrogens with one attached hydrogen (secondary N) is 1. The van der Waals surface area contributed by atoms with Crippen molar-refractivity contribution in [3.05, 3.63) is 95.1 Å². The summed E-state index contributed by atoms with van der Waals surface area (Å²) in [6.07, 6.45) is 4.09. The Kier molecular flexibility index (Phi) is 5.33. The van der Waals surface area contributed by atoms with Gasteiger partial charge in [-0.05, 0) is 42.2 Å². The standard InChI is InChI=1S/C23H20FN3O2/c24-20-7-3-1-5-16(20)9-11-26-22(28)18-13-19(15-25-14-18)23(29)27-12-10-17-6-2-4-8-21(17)27/h1-8,13-15H,9-12H2,(H,26,28). The Morgan fingerprint density at radius 1 is 1.03 bits per heavy atom. The molecular formula is C23H20FN3O2. The summed E-state index contributed by atoms with van der Waals surface area (Å²) in [7, 11) is 0. The zero-order valence-corrected chi connectivity index (χ0v) is 15.8. The third-order valence-corrected chi connectivity index (χ3v) is 5.02. The molecule has 0 radical (unpaired) electrons. The zero-order chi connectivity index (χ0) is 20.2. The average Bonchev–Trinajstić information content (AvgIpc) is 3.19. The highest BCUT2D eigenvalue weighted by molar-refractivity contribution is 6.08. The predicted octanol–water partition coefficient (Wildman–Crippen LogP) is 3.40. The number of para-hydroxylation sites is 1. The van der Waals surface area contributed by atoms with Crippen molar-refractivity contribution < 1.29 is 14.0 Å². The molecule has 2 amide bonds. The molecule has 1 N–H and O–H groups in total. The van der Waals surface area contributed by atoms with Crippen molar-refractivity contribution in [2.24, 2.45) is 0 Å². The molecule has 1 aromatic heterocycles. The Morgan fingerprint density at radius 2 is 1.79 bits per heavy atom. The normalized spacial score (nSPS) is 12.5. The number of aromatic nitrogens is 1. The van der Waals surface area contributed by atoms with Crippen LogP contribution in [0.1, 0.15) is 31.8 Å². The molecule has 2 aromatic carbocycles. The molecule has 2 heterocycles. The highest BCUT2D eigenvalue weighted by Crippen LogP contribution is 2.28. The van der Waals surface area contributed by atoms with Crippen molar-refractivity contribution >= 4 is 17.5 Å². The van der Waals surface area contributed by atoms with Crippen molar-refractivity contribution in [3.63, 3.8) is 0 Å². The van der Waals surface area contributed by atoms with Crippen LogP contribution < -0.4 is 10.2 Å². The molecule has 0 fully saturated rings. The molecule has 6 heteroatoms. The average molecular weight is 389 g/mol. The van der Waals surface area contributed by atoms with Gasteiger partial charge in [0.25, 0.3) is 11.8 Å². The van der Waals surface area contributed by atoms with E-state index in [0.717, 1.165) is 17.7 Å². The fourth-order valence-corrected chi connectivity index (χ4v) is 3.50. The highest BCUT2D eigenvalue weighted by atomic mass is 19.1. The molecule has 4 rings (SSSR count). The van der Waals surface area contributed by atoms with Crippen LogP contribution >= 0.6 is 0 Å². The third kappa shape index (κ3) is 4.01. The number of carbonyl (C=O) groups is 2. The van der Waals surface area contributed by atoms with E-state index < -0.39 is 0 Å². The lowest BCUT2D eigenvalue weighted by molar-refractivity contribution is 0.0953. The molecule has 0 spiro atoms. The van der Waals surface area contributed by atoms with Gasteiger partial charge in [-0.1, -0.05) is 36.4 Å². The van der Waals surface area contributed by atoms with Gasteiger partial charge < -0.3 is 10.2 Å². The largest absolute Gasteiger partial charge is 0.352 e. The van der Waals surface area contributed by atoms with Crippen molar-refractivity contribution in [1.29, 1.82) is 0 Å². The van der Waals surface area contributed by atoms with Crippen LogP contribution in [-0.2, 0) is 12.8 Å². The number of hydrogen-bond acceptors (Lipinski definition) is 3. The second-order valence-corrected chi connectivity index (χ2v) is 6.90. The first-order valence-electron chi connectivity index (χ1n) is 9.50. The Balaban J connectivity index is 1.42. The van der Waals surface area contributed by atoms with Gasteiger partial charge in [0.05, 0.1) is 11.1 Å². The lowest BCUT2D eigenvalue weighted by atomic mass is 10.1. The number of anilines is 1. The maximum Gasteiger partial charge on any atom is 0.259 e. The number of hydrogen-bond donors (Lipinski definition) is 1. The number of rotatable bonds is 5. The maximum atomic E-state index is 13.7. The minimum Gasteiger partial charge on any atom is -0.352 e. The van der Waals surface area contributed by atoms with Crippen molar-refractivity contribution in [2.45, 2.75) is 12.8 Å². The van der Waals surface area contributed by atoms with E-state index in [9.17, 15) is 14.0 Å². The van der Waals surface area contributed by atoms with Gasteiger partial charge in [-0.15, -0.1) is 0 Å². The molecule has 5 nitrogen and oxygen atoms in total. The van der Waals surface area contributed by atoms with Gasteiger partial charge in [0, 0.05) is 31.2 Å². The molecule has 146 valence electrons. The maximum absolute atomic E-state index is 13.7. The van der Waals surface area contributed by atoms with Crippen LogP contribution in [0, 0.1) is 5.82 Å². The first-order valence-corrected chi connectivity index (χ1v) is 9.50. The monoisotopic (exact) mass is 389 g/mol. The van der Waals surface area contributed by atoms with E-state index >= 15 is 0 Å². The van der Waals surface area contributed by atoms with Crippen LogP contribution in [0.15, 0.2) is 67.0 Å². The molecule has 3 aromatic rings. The summed E-state index contributed by atoms with van der Waals surface area (Å²) in [5.41, 5.74) is 3.25. The van der Waals surface area contributed by atoms with E-state index in [1.54, 1.807) is 29.2 Å². The molecule has 0 saturated heterocycles. The first-order chi connectivity index (χ1) is 14.1. The second-order valence-electron chi connectivity index (χ2n) is 6.90. The fourth-order valence-electron chi connectivity index (χ4n) is 3.50. The minimum absolute atomic E-state index is 0.177. The Labute approximate surface area is 168 Å². The molecule has 0 saturated carbocycles. The van der Waals surface area contributed by atoms with Gasteiger partial charge in [0.2, 0.25) is 0 Å². The highest BCUT2D eigenvalue weighted by Gasteiger charge is 2.25. The third-order valence-electron chi connectivity index (χ3n) is 5.02. The van der Waals surface area contributed by atoms with Gasteiger partial charge in [-0.25, -0.2) is 4.39 Å². The number of pyridine rings is 1. The molecule has 0 aliphatic carbocycles. The SMILES string of the molecule is O=C(NCCc1ccccc1F)c1cncc(C(=O)N2CCc3ccccc32)c1. The summed E-state index contributed by atoms with van der Waals surface area (Å²) in [5, 5.41) is 2.76. The van der Waals surface area contributed by atoms with Gasteiger partial charge in [-0.3, -0.25) is 14.6 Å². The van der Waals surface area contributed by atoms with Crippen LogP contribution in [0.2, 0.25) is 0 Å². The van der Waals surface area contributed by atoms with Crippen molar-refractivity contribution in [3.8, 4) is 0 Å². The predicted molar refractivity (Wildman–Crippen MR) is 108 cm³/mol. The summed E-state index contributed by atoms with van der Waals surface area (Å²) < 4.78 is 13.7. The van der Waals surface area contributed by atoms with E-state index in [0.29, 0.717) is 29.7 Å². The first kappa shape index (κ1) is 18.8. The Bertz CT molecular complexity index is 1070. The van der Waals surface area contributed by atoms with Crippen LogP contribution in [0.5, 0.6) is 0 Å². The smallest absolute Gasteiger partial charge is 0.259 e. The van der Waals surface area contributed by atoms with E-state index in [1.165, 1.54) is 18.5 Å². The Morgan fingerprint density at radius 3 is 2.66 bits per heavy atom. The topological polar surface area (TPSA) is 62.3 Å². The van der Waals surface area contributed by atoms with Crippen LogP contribution in [0.3, 0.4) is 0 Å². The second kappa shape index (κ2) is 8.22. The number of benzene rings is 2. The molecular weight excluding hydrogens is 369 g/mol. The molecule has 0 bridgehead atoms. The van der Waals surface area contributed by atoms with E-state index in [-0.39, 0.29) is 24.2 Å². The van der Waals surface area contributed by atoms with E-state index in [4.69, 9.17) is 0 Å². The summed E-state index contributed by atoms with van der Waals surface area (Å²) in [5.74, 6) is -0.810. The Hall–Kier alpha value is -3.54. The summed E-state index contributed by atoms with van der Waals surface area (Å²) in [4.78, 5) is 31.2. The van der Waals surface area contributed by atoms with Crippen molar-refractivity contribution in [2.75, 3.05) is 18.0 Å². The summed E-state index contributed by atoms with van der Waals surface area (Å²) in [6.45, 7) is 0.898. The number of amides is 2. The zero-order valence-electron chi connectivity index (χ0n) is 15.8. The quantitative estimate of drug-likeness (QED) is 0.728. The van der Waals surface area contributed by atoms with E-state index in [2.05, 4.69) is 10.3 Å². The number of fused-ring (bicyclic) bond motifs is 1. The van der Waals surface area contributed by atoms with E-state index in [1.807, 2.05) is 24.3 Å². The van der Waals surface area contributed by atoms with Crippen molar-refractivity contribution in [1.82, 2.24) is 10.3 Å². The summed E-state index contributed by atoms with van der Waals surface area (Å²) in [6, 6.07) is 15.8. The number of halogens is 1. The molecule has 1 aliphatic heterocycles. The fraction of sp³-hybridized carbons (Fsp3) is 0.174. The van der Waals surface area contributed by atoms with Crippen LogP contribution in [-0.4, -0.2) is 29.9 Å². The van der Waals surface area contributed by atoms with Gasteiger partial charge in [0.1, 0.15) is 5.82 Å². The minimum atomic E-state index is -0.342. The van der Waals surface area contributed by atoms with Crippen LogP contribution in [0.25, 0.3) is 0 Å². The lowest BCUT2D eigenvalue weighted by Gasteiger charge is -2.17. The van der Waals surface area contributed by atoms with Gasteiger partial charge in [0.15, 0.2) is 0 Å². The lowest BCUT2D eigenvalue weighted by Crippen LogP contribution is -2.30. The number of carbonyl (C=O) groups excluding carboxylic acids is 2. The molecule has 0 unspecified atom stereocenters.